The molecular weight excluding hydrogens is 530 g/mol. The normalized spacial score (nSPS) is 14.0. The number of nitro groups is 2. The molecule has 0 aliphatic carbocycles. The number of ether oxygens (including phenoxy) is 3. The van der Waals surface area contributed by atoms with Crippen LogP contribution in [0.2, 0.25) is 0 Å². The molecule has 1 aliphatic rings. The van der Waals surface area contributed by atoms with Crippen LogP contribution in [0.1, 0.15) is 11.1 Å². The van der Waals surface area contributed by atoms with Gasteiger partial charge in [0.1, 0.15) is 12.4 Å². The van der Waals surface area contributed by atoms with Gasteiger partial charge in [-0.25, -0.2) is 0 Å². The zero-order valence-corrected chi connectivity index (χ0v) is 21.5. The van der Waals surface area contributed by atoms with Crippen LogP contribution in [0.25, 0.3) is 6.08 Å². The Balaban J connectivity index is 1.59. The Bertz CT molecular complexity index is 1510. The van der Waals surface area contributed by atoms with Gasteiger partial charge in [-0.2, -0.15) is 0 Å². The number of carbonyl (C=O) groups is 2. The highest BCUT2D eigenvalue weighted by molar-refractivity contribution is 8.18. The highest BCUT2D eigenvalue weighted by atomic mass is 32.2. The van der Waals surface area contributed by atoms with Gasteiger partial charge in [-0.3, -0.25) is 34.7 Å². The number of carbonyl (C=O) groups excluding carboxylic acids is 2. The number of hydrogen-bond donors (Lipinski definition) is 0. The van der Waals surface area contributed by atoms with Crippen LogP contribution in [-0.2, 0) is 4.79 Å². The Morgan fingerprint density at radius 3 is 2.44 bits per heavy atom. The third-order valence-electron chi connectivity index (χ3n) is 5.52. The van der Waals surface area contributed by atoms with Crippen molar-refractivity contribution in [2.45, 2.75) is 6.92 Å². The largest absolute Gasteiger partial charge is 0.493 e. The number of benzene rings is 3. The predicted molar refractivity (Wildman–Crippen MR) is 142 cm³/mol. The Morgan fingerprint density at radius 1 is 0.974 bits per heavy atom. The van der Waals surface area contributed by atoms with Crippen LogP contribution in [0, 0.1) is 27.2 Å². The van der Waals surface area contributed by atoms with E-state index in [9.17, 15) is 29.8 Å². The van der Waals surface area contributed by atoms with Crippen LogP contribution in [0.4, 0.5) is 16.2 Å². The molecule has 12 nitrogen and oxygen atoms in total. The zero-order valence-electron chi connectivity index (χ0n) is 20.7. The van der Waals surface area contributed by atoms with E-state index in [1.165, 1.54) is 19.3 Å². The molecule has 2 amide bonds. The first-order valence-electron chi connectivity index (χ1n) is 11.4. The molecule has 0 atom stereocenters. The molecule has 3 aromatic carbocycles. The lowest BCUT2D eigenvalue weighted by Crippen LogP contribution is -2.32. The number of rotatable bonds is 10. The molecule has 200 valence electrons. The fourth-order valence-electron chi connectivity index (χ4n) is 3.67. The van der Waals surface area contributed by atoms with E-state index >= 15 is 0 Å². The van der Waals surface area contributed by atoms with Crippen molar-refractivity contribution in [1.82, 2.24) is 4.90 Å². The maximum absolute atomic E-state index is 13.0. The van der Waals surface area contributed by atoms with E-state index in [0.29, 0.717) is 11.3 Å². The number of amides is 2. The third kappa shape index (κ3) is 6.15. The average Bonchev–Trinajstić information content (AvgIpc) is 3.16. The lowest BCUT2D eigenvalue weighted by molar-refractivity contribution is -0.394. The lowest BCUT2D eigenvalue weighted by Gasteiger charge is -2.14. The number of hydrogen-bond acceptors (Lipinski definition) is 10. The van der Waals surface area contributed by atoms with Crippen molar-refractivity contribution >= 4 is 40.4 Å². The number of thioether (sulfide) groups is 1. The van der Waals surface area contributed by atoms with Crippen molar-refractivity contribution in [1.29, 1.82) is 0 Å². The molecule has 1 aliphatic heterocycles. The number of nitrogens with zero attached hydrogens (tertiary/aromatic N) is 3. The van der Waals surface area contributed by atoms with Crippen molar-refractivity contribution in [3.63, 3.8) is 0 Å². The minimum Gasteiger partial charge on any atom is -0.493 e. The molecule has 0 spiro atoms. The zero-order chi connectivity index (χ0) is 28.1. The van der Waals surface area contributed by atoms with Gasteiger partial charge in [0.25, 0.3) is 16.8 Å². The summed E-state index contributed by atoms with van der Waals surface area (Å²) in [5, 5.41) is 22.2. The summed E-state index contributed by atoms with van der Waals surface area (Å²) in [5.41, 5.74) is 0.199. The number of aryl methyl sites for hydroxylation is 1. The van der Waals surface area contributed by atoms with Crippen molar-refractivity contribution in [3.8, 4) is 23.0 Å². The molecule has 0 unspecified atom stereocenters. The Hall–Kier alpha value is -4.91. The Morgan fingerprint density at radius 2 is 1.74 bits per heavy atom. The summed E-state index contributed by atoms with van der Waals surface area (Å²) in [6.45, 7) is 2.06. The quantitative estimate of drug-likeness (QED) is 0.174. The maximum atomic E-state index is 13.0. The molecule has 1 saturated heterocycles. The summed E-state index contributed by atoms with van der Waals surface area (Å²) >= 11 is 0.730. The van der Waals surface area contributed by atoms with E-state index in [2.05, 4.69) is 0 Å². The molecule has 13 heteroatoms. The summed E-state index contributed by atoms with van der Waals surface area (Å²) in [6.07, 6.45) is 1.42. The standard InChI is InChI=1S/C26H21N3O9S/c1-16-5-3-7-19(13-16)37-12-11-27-25(30)23(39-26(27)31)14-17-6-4-8-22(36-2)24(17)38-21-10-9-18(28(32)33)15-20(21)29(34)35/h3-10,13-15H,11-12H2,1-2H3/b23-14-. The van der Waals surface area contributed by atoms with Gasteiger partial charge in [-0.05, 0) is 54.6 Å². The van der Waals surface area contributed by atoms with Gasteiger partial charge < -0.3 is 14.2 Å². The monoisotopic (exact) mass is 551 g/mol. The van der Waals surface area contributed by atoms with Gasteiger partial charge in [0.05, 0.1) is 34.5 Å². The highest BCUT2D eigenvalue weighted by Gasteiger charge is 2.35. The number of non-ortho nitro benzene ring substituents is 1. The van der Waals surface area contributed by atoms with Crippen molar-refractivity contribution in [3.05, 3.63) is 96.9 Å². The molecular formula is C26H21N3O9S. The molecule has 0 N–H and O–H groups in total. The van der Waals surface area contributed by atoms with Gasteiger partial charge >= 0.3 is 5.69 Å². The highest BCUT2D eigenvalue weighted by Crippen LogP contribution is 2.42. The minimum atomic E-state index is -0.804. The molecule has 1 heterocycles. The van der Waals surface area contributed by atoms with Crippen LogP contribution in [0.15, 0.2) is 65.6 Å². The third-order valence-corrected chi connectivity index (χ3v) is 6.43. The molecule has 0 saturated carbocycles. The fourth-order valence-corrected chi connectivity index (χ4v) is 4.52. The smallest absolute Gasteiger partial charge is 0.318 e. The molecule has 4 rings (SSSR count). The van der Waals surface area contributed by atoms with Gasteiger partial charge in [-0.15, -0.1) is 0 Å². The Labute approximate surface area is 226 Å². The first-order chi connectivity index (χ1) is 18.7. The topological polar surface area (TPSA) is 151 Å². The minimum absolute atomic E-state index is 0.0199. The van der Waals surface area contributed by atoms with E-state index in [1.807, 2.05) is 25.1 Å². The van der Waals surface area contributed by atoms with Gasteiger partial charge in [-0.1, -0.05) is 24.3 Å². The summed E-state index contributed by atoms with van der Waals surface area (Å²) in [6, 6.07) is 15.1. The molecule has 39 heavy (non-hydrogen) atoms. The number of nitro benzene ring substituents is 2. The lowest BCUT2D eigenvalue weighted by atomic mass is 10.1. The summed E-state index contributed by atoms with van der Waals surface area (Å²) in [5.74, 6) is 0.0174. The van der Waals surface area contributed by atoms with E-state index in [0.717, 1.165) is 40.4 Å². The van der Waals surface area contributed by atoms with E-state index in [1.54, 1.807) is 18.2 Å². The number of imide groups is 1. The molecule has 3 aromatic rings. The second-order valence-corrected chi connectivity index (χ2v) is 9.14. The first-order valence-corrected chi connectivity index (χ1v) is 12.2. The van der Waals surface area contributed by atoms with Crippen LogP contribution in [0.5, 0.6) is 23.0 Å². The molecule has 1 fully saturated rings. The Kier molecular flexibility index (Phi) is 8.10. The van der Waals surface area contributed by atoms with E-state index in [4.69, 9.17) is 14.2 Å². The van der Waals surface area contributed by atoms with Crippen molar-refractivity contribution < 1.29 is 33.6 Å². The maximum Gasteiger partial charge on any atom is 0.318 e. The average molecular weight is 552 g/mol. The van der Waals surface area contributed by atoms with Gasteiger partial charge in [0.2, 0.25) is 5.75 Å². The second kappa shape index (κ2) is 11.6. The van der Waals surface area contributed by atoms with Crippen molar-refractivity contribution in [2.75, 3.05) is 20.3 Å². The summed E-state index contributed by atoms with van der Waals surface area (Å²) < 4.78 is 16.8. The molecule has 0 bridgehead atoms. The predicted octanol–water partition coefficient (Wildman–Crippen LogP) is 5.73. The first kappa shape index (κ1) is 27.1. The van der Waals surface area contributed by atoms with E-state index in [-0.39, 0.29) is 35.3 Å². The van der Waals surface area contributed by atoms with Crippen LogP contribution < -0.4 is 14.2 Å². The number of methoxy groups -OCH3 is 1. The fraction of sp³-hybridized carbons (Fsp3) is 0.154. The second-order valence-electron chi connectivity index (χ2n) is 8.15. The molecule has 0 aromatic heterocycles. The van der Waals surface area contributed by atoms with Gasteiger partial charge in [0, 0.05) is 11.6 Å². The van der Waals surface area contributed by atoms with Crippen LogP contribution in [0.3, 0.4) is 0 Å². The van der Waals surface area contributed by atoms with Crippen molar-refractivity contribution in [2.24, 2.45) is 0 Å². The SMILES string of the molecule is COc1cccc(/C=C2\SC(=O)N(CCOc3cccc(C)c3)C2=O)c1Oc1ccc([N+](=O)[O-])cc1[N+](=O)[O-]. The molecule has 0 radical (unpaired) electrons. The summed E-state index contributed by atoms with van der Waals surface area (Å²) in [4.78, 5) is 47.8. The van der Waals surface area contributed by atoms with Crippen LogP contribution >= 0.6 is 11.8 Å². The summed E-state index contributed by atoms with van der Waals surface area (Å²) in [7, 11) is 1.36. The van der Waals surface area contributed by atoms with E-state index < -0.39 is 32.4 Å². The van der Waals surface area contributed by atoms with Crippen LogP contribution in [-0.4, -0.2) is 46.2 Å². The number of para-hydroxylation sites is 1. The van der Waals surface area contributed by atoms with Gasteiger partial charge in [0.15, 0.2) is 11.5 Å².